The lowest BCUT2D eigenvalue weighted by molar-refractivity contribution is -0.898. The fourth-order valence-corrected chi connectivity index (χ4v) is 5.25. The summed E-state index contributed by atoms with van der Waals surface area (Å²) >= 11 is 1.82. The molecule has 4 nitrogen and oxygen atoms in total. The van der Waals surface area contributed by atoms with Crippen LogP contribution >= 0.6 is 11.3 Å². The lowest BCUT2D eigenvalue weighted by Gasteiger charge is -2.33. The van der Waals surface area contributed by atoms with Gasteiger partial charge < -0.3 is 9.80 Å². The highest BCUT2D eigenvalue weighted by atomic mass is 32.1. The largest absolute Gasteiger partial charge is 0.338 e. The predicted molar refractivity (Wildman–Crippen MR) is 102 cm³/mol. The summed E-state index contributed by atoms with van der Waals surface area (Å²) in [5, 5.41) is 1.25. The van der Waals surface area contributed by atoms with Gasteiger partial charge in [-0.05, 0) is 43.7 Å². The Morgan fingerprint density at radius 3 is 2.64 bits per heavy atom. The SMILES string of the molecule is CC1CC[NH+](CC(=O)N2CCC(c3nc4ccccc4s3)CC2)CC1. The van der Waals surface area contributed by atoms with Gasteiger partial charge in [0.15, 0.2) is 6.54 Å². The van der Waals surface area contributed by atoms with Crippen molar-refractivity contribution in [3.8, 4) is 0 Å². The first-order chi connectivity index (χ1) is 12.2. The molecule has 134 valence electrons. The second kappa shape index (κ2) is 7.42. The van der Waals surface area contributed by atoms with Gasteiger partial charge in [0.1, 0.15) is 0 Å². The van der Waals surface area contributed by atoms with Crippen LogP contribution in [-0.4, -0.2) is 48.5 Å². The van der Waals surface area contributed by atoms with Crippen molar-refractivity contribution in [2.45, 2.75) is 38.5 Å². The van der Waals surface area contributed by atoms with Gasteiger partial charge in [0, 0.05) is 19.0 Å². The van der Waals surface area contributed by atoms with Gasteiger partial charge in [0.25, 0.3) is 5.91 Å². The van der Waals surface area contributed by atoms with E-state index in [0.29, 0.717) is 18.4 Å². The van der Waals surface area contributed by atoms with Crippen molar-refractivity contribution in [2.75, 3.05) is 32.7 Å². The van der Waals surface area contributed by atoms with Crippen LogP contribution < -0.4 is 4.90 Å². The highest BCUT2D eigenvalue weighted by Crippen LogP contribution is 2.33. The molecule has 0 radical (unpaired) electrons. The molecular formula is C20H28N3OS+. The summed E-state index contributed by atoms with van der Waals surface area (Å²) in [6.07, 6.45) is 4.64. The van der Waals surface area contributed by atoms with Crippen molar-refractivity contribution < 1.29 is 9.69 Å². The van der Waals surface area contributed by atoms with E-state index in [0.717, 1.165) is 50.5 Å². The number of carbonyl (C=O) groups excluding carboxylic acids is 1. The number of aromatic nitrogens is 1. The number of nitrogens with one attached hydrogen (secondary N) is 1. The minimum absolute atomic E-state index is 0.354. The van der Waals surface area contributed by atoms with Gasteiger partial charge in [-0.3, -0.25) is 4.79 Å². The van der Waals surface area contributed by atoms with E-state index >= 15 is 0 Å². The third kappa shape index (κ3) is 3.87. The average molecular weight is 359 g/mol. The molecule has 5 heteroatoms. The number of nitrogens with zero attached hydrogens (tertiary/aromatic N) is 2. The van der Waals surface area contributed by atoms with Crippen molar-refractivity contribution in [1.29, 1.82) is 0 Å². The molecule has 2 aliphatic heterocycles. The number of rotatable bonds is 3. The van der Waals surface area contributed by atoms with Crippen molar-refractivity contribution in [3.63, 3.8) is 0 Å². The molecule has 3 heterocycles. The molecule has 0 aliphatic carbocycles. The van der Waals surface area contributed by atoms with Crippen LogP contribution in [0.3, 0.4) is 0 Å². The van der Waals surface area contributed by atoms with E-state index in [2.05, 4.69) is 36.1 Å². The molecular weight excluding hydrogens is 330 g/mol. The first kappa shape index (κ1) is 17.0. The van der Waals surface area contributed by atoms with Crippen LogP contribution in [0.2, 0.25) is 0 Å². The number of quaternary nitrogens is 1. The highest BCUT2D eigenvalue weighted by molar-refractivity contribution is 7.18. The molecule has 1 amide bonds. The molecule has 0 spiro atoms. The highest BCUT2D eigenvalue weighted by Gasteiger charge is 2.29. The smallest absolute Gasteiger partial charge is 0.277 e. The Hall–Kier alpha value is -1.46. The third-order valence-corrected chi connectivity index (χ3v) is 7.09. The topological polar surface area (TPSA) is 37.6 Å². The lowest BCUT2D eigenvalue weighted by atomic mass is 9.97. The summed E-state index contributed by atoms with van der Waals surface area (Å²) in [5.74, 6) is 1.71. The number of thiazole rings is 1. The van der Waals surface area contributed by atoms with Crippen molar-refractivity contribution in [2.24, 2.45) is 5.92 Å². The average Bonchev–Trinajstić information content (AvgIpc) is 3.08. The number of para-hydroxylation sites is 1. The molecule has 0 saturated carbocycles. The first-order valence-electron chi connectivity index (χ1n) is 9.66. The minimum atomic E-state index is 0.354. The monoisotopic (exact) mass is 358 g/mol. The molecule has 1 N–H and O–H groups in total. The number of amides is 1. The molecule has 1 aromatic heterocycles. The molecule has 25 heavy (non-hydrogen) atoms. The maximum absolute atomic E-state index is 12.6. The van der Waals surface area contributed by atoms with Crippen LogP contribution in [-0.2, 0) is 4.79 Å². The van der Waals surface area contributed by atoms with Crippen molar-refractivity contribution >= 4 is 27.5 Å². The maximum atomic E-state index is 12.6. The molecule has 0 bridgehead atoms. The van der Waals surface area contributed by atoms with Gasteiger partial charge in [-0.15, -0.1) is 11.3 Å². The second-order valence-electron chi connectivity index (χ2n) is 7.78. The number of hydrogen-bond donors (Lipinski definition) is 1. The molecule has 1 aromatic carbocycles. The summed E-state index contributed by atoms with van der Waals surface area (Å²) in [6.45, 7) is 7.13. The first-order valence-corrected chi connectivity index (χ1v) is 10.5. The van der Waals surface area contributed by atoms with Gasteiger partial charge in [-0.1, -0.05) is 19.1 Å². The molecule has 2 aromatic rings. The predicted octanol–water partition coefficient (Wildman–Crippen LogP) is 2.32. The summed E-state index contributed by atoms with van der Waals surface area (Å²) in [5.41, 5.74) is 1.11. The van der Waals surface area contributed by atoms with E-state index in [1.807, 2.05) is 11.3 Å². The van der Waals surface area contributed by atoms with Gasteiger partial charge >= 0.3 is 0 Å². The quantitative estimate of drug-likeness (QED) is 0.914. The van der Waals surface area contributed by atoms with Crippen LogP contribution in [0.15, 0.2) is 24.3 Å². The Morgan fingerprint density at radius 2 is 1.92 bits per heavy atom. The Bertz CT molecular complexity index is 694. The normalized spacial score (nSPS) is 25.4. The number of carbonyl (C=O) groups is 1. The van der Waals surface area contributed by atoms with Crippen LogP contribution in [0.25, 0.3) is 10.2 Å². The fourth-order valence-electron chi connectivity index (χ4n) is 4.11. The zero-order valence-electron chi connectivity index (χ0n) is 15.0. The van der Waals surface area contributed by atoms with Crippen LogP contribution in [0.5, 0.6) is 0 Å². The van der Waals surface area contributed by atoms with Gasteiger partial charge in [0.05, 0.1) is 28.3 Å². The number of benzene rings is 1. The zero-order chi connectivity index (χ0) is 17.2. The zero-order valence-corrected chi connectivity index (χ0v) is 15.9. The van der Waals surface area contributed by atoms with Crippen LogP contribution in [0.4, 0.5) is 0 Å². The molecule has 4 rings (SSSR count). The molecule has 0 unspecified atom stereocenters. The Kier molecular flexibility index (Phi) is 5.04. The molecule has 2 aliphatic rings. The van der Waals surface area contributed by atoms with E-state index in [9.17, 15) is 4.79 Å². The number of likely N-dealkylation sites (tertiary alicyclic amines) is 2. The number of fused-ring (bicyclic) bond motifs is 1. The molecule has 2 fully saturated rings. The van der Waals surface area contributed by atoms with Gasteiger partial charge in [0.2, 0.25) is 0 Å². The van der Waals surface area contributed by atoms with E-state index in [1.165, 1.54) is 27.4 Å². The van der Waals surface area contributed by atoms with Gasteiger partial charge in [-0.25, -0.2) is 4.98 Å². The van der Waals surface area contributed by atoms with E-state index in [-0.39, 0.29) is 0 Å². The van der Waals surface area contributed by atoms with Gasteiger partial charge in [-0.2, -0.15) is 0 Å². The number of piperidine rings is 2. The lowest BCUT2D eigenvalue weighted by Crippen LogP contribution is -3.14. The Balaban J connectivity index is 1.31. The fraction of sp³-hybridized carbons (Fsp3) is 0.600. The second-order valence-corrected chi connectivity index (χ2v) is 8.85. The summed E-state index contributed by atoms with van der Waals surface area (Å²) in [7, 11) is 0. The molecule has 0 atom stereocenters. The summed E-state index contributed by atoms with van der Waals surface area (Å²) in [6, 6.07) is 8.37. The summed E-state index contributed by atoms with van der Waals surface area (Å²) < 4.78 is 1.28. The molecule has 2 saturated heterocycles. The number of hydrogen-bond acceptors (Lipinski definition) is 3. The minimum Gasteiger partial charge on any atom is -0.338 e. The van der Waals surface area contributed by atoms with Crippen molar-refractivity contribution in [1.82, 2.24) is 9.88 Å². The Labute approximate surface area is 153 Å². The Morgan fingerprint density at radius 1 is 1.20 bits per heavy atom. The van der Waals surface area contributed by atoms with Crippen molar-refractivity contribution in [3.05, 3.63) is 29.3 Å². The summed E-state index contributed by atoms with van der Waals surface area (Å²) in [4.78, 5) is 21.0. The van der Waals surface area contributed by atoms with E-state index in [1.54, 1.807) is 0 Å². The third-order valence-electron chi connectivity index (χ3n) is 5.89. The van der Waals surface area contributed by atoms with Crippen LogP contribution in [0, 0.1) is 5.92 Å². The van der Waals surface area contributed by atoms with E-state index in [4.69, 9.17) is 4.98 Å². The van der Waals surface area contributed by atoms with Crippen LogP contribution in [0.1, 0.15) is 43.5 Å². The standard InChI is InChI=1S/C20H27N3OS/c1-15-6-10-22(11-7-15)14-19(24)23-12-8-16(9-13-23)20-21-17-4-2-3-5-18(17)25-20/h2-5,15-16H,6-14H2,1H3/p+1. The maximum Gasteiger partial charge on any atom is 0.277 e. The van der Waals surface area contributed by atoms with E-state index < -0.39 is 0 Å².